The fourth-order valence-electron chi connectivity index (χ4n) is 3.11. The maximum absolute atomic E-state index is 12.7. The molecule has 0 N–H and O–H groups in total. The molecule has 0 saturated carbocycles. The standard InChI is InChI=1S/C20H26N4O4/c1-23(2)18-11-21-12-19(22-18)28-15-7-8-24(13-15)20(25)10-14-5-6-16(26-3)17(9-14)27-4/h5-6,9,11-12,15H,7-8,10,13H2,1-4H3. The third-order valence-corrected chi connectivity index (χ3v) is 4.65. The second-order valence-electron chi connectivity index (χ2n) is 6.84. The van der Waals surface area contributed by atoms with Crippen molar-refractivity contribution in [3.05, 3.63) is 36.2 Å². The third-order valence-electron chi connectivity index (χ3n) is 4.65. The second kappa shape index (κ2) is 8.77. The normalized spacial score (nSPS) is 16.0. The molecule has 1 aliphatic heterocycles. The first kappa shape index (κ1) is 19.7. The molecule has 0 aliphatic carbocycles. The number of amides is 1. The van der Waals surface area contributed by atoms with E-state index in [4.69, 9.17) is 14.2 Å². The van der Waals surface area contributed by atoms with Gasteiger partial charge in [-0.1, -0.05) is 6.07 Å². The summed E-state index contributed by atoms with van der Waals surface area (Å²) in [6.07, 6.45) is 4.27. The van der Waals surface area contributed by atoms with Gasteiger partial charge < -0.3 is 24.0 Å². The van der Waals surface area contributed by atoms with Gasteiger partial charge in [0.25, 0.3) is 0 Å². The Hall–Kier alpha value is -3.03. The van der Waals surface area contributed by atoms with Gasteiger partial charge in [-0.15, -0.1) is 0 Å². The van der Waals surface area contributed by atoms with Gasteiger partial charge in [0, 0.05) is 27.1 Å². The first-order chi connectivity index (χ1) is 13.5. The minimum atomic E-state index is -0.0823. The van der Waals surface area contributed by atoms with E-state index in [2.05, 4.69) is 9.97 Å². The summed E-state index contributed by atoms with van der Waals surface area (Å²) in [5.74, 6) is 2.54. The van der Waals surface area contributed by atoms with Crippen molar-refractivity contribution in [3.8, 4) is 17.4 Å². The average molecular weight is 386 g/mol. The Labute approximate surface area is 165 Å². The van der Waals surface area contributed by atoms with Crippen LogP contribution in [0.4, 0.5) is 5.82 Å². The summed E-state index contributed by atoms with van der Waals surface area (Å²) in [6.45, 7) is 1.21. The van der Waals surface area contributed by atoms with Crippen LogP contribution in [-0.4, -0.2) is 68.3 Å². The monoisotopic (exact) mass is 386 g/mol. The highest BCUT2D eigenvalue weighted by Gasteiger charge is 2.28. The van der Waals surface area contributed by atoms with Crippen LogP contribution < -0.4 is 19.1 Å². The minimum Gasteiger partial charge on any atom is -0.493 e. The predicted octanol–water partition coefficient (Wildman–Crippen LogP) is 1.78. The maximum Gasteiger partial charge on any atom is 0.234 e. The number of hydrogen-bond acceptors (Lipinski definition) is 7. The van der Waals surface area contributed by atoms with Gasteiger partial charge in [0.2, 0.25) is 11.8 Å². The third kappa shape index (κ3) is 4.62. The highest BCUT2D eigenvalue weighted by Crippen LogP contribution is 2.28. The molecule has 0 spiro atoms. The molecule has 8 heteroatoms. The van der Waals surface area contributed by atoms with Gasteiger partial charge in [0.15, 0.2) is 17.3 Å². The summed E-state index contributed by atoms with van der Waals surface area (Å²) in [5.41, 5.74) is 0.886. The molecule has 1 fully saturated rings. The molecule has 1 unspecified atom stereocenters. The Morgan fingerprint density at radius 1 is 1.21 bits per heavy atom. The lowest BCUT2D eigenvalue weighted by molar-refractivity contribution is -0.129. The molecule has 0 radical (unpaired) electrons. The Morgan fingerprint density at radius 3 is 2.71 bits per heavy atom. The van der Waals surface area contributed by atoms with Crippen molar-refractivity contribution >= 4 is 11.7 Å². The van der Waals surface area contributed by atoms with E-state index in [1.54, 1.807) is 26.6 Å². The first-order valence-corrected chi connectivity index (χ1v) is 9.15. The summed E-state index contributed by atoms with van der Waals surface area (Å²) in [4.78, 5) is 24.9. The second-order valence-corrected chi connectivity index (χ2v) is 6.84. The zero-order valence-corrected chi connectivity index (χ0v) is 16.7. The molecule has 1 saturated heterocycles. The van der Waals surface area contributed by atoms with Crippen LogP contribution in [0.1, 0.15) is 12.0 Å². The van der Waals surface area contributed by atoms with Gasteiger partial charge in [0.1, 0.15) is 6.10 Å². The number of anilines is 1. The number of aromatic nitrogens is 2. The van der Waals surface area contributed by atoms with Gasteiger partial charge >= 0.3 is 0 Å². The summed E-state index contributed by atoms with van der Waals surface area (Å²) in [5, 5.41) is 0. The van der Waals surface area contributed by atoms with E-state index >= 15 is 0 Å². The number of likely N-dealkylation sites (tertiary alicyclic amines) is 1. The molecule has 2 heterocycles. The Kier molecular flexibility index (Phi) is 6.18. The zero-order valence-electron chi connectivity index (χ0n) is 16.7. The average Bonchev–Trinajstić information content (AvgIpc) is 3.16. The molecule has 0 bridgehead atoms. The fourth-order valence-corrected chi connectivity index (χ4v) is 3.11. The van der Waals surface area contributed by atoms with E-state index in [0.29, 0.717) is 36.9 Å². The zero-order chi connectivity index (χ0) is 20.1. The Morgan fingerprint density at radius 2 is 2.00 bits per heavy atom. The van der Waals surface area contributed by atoms with Gasteiger partial charge in [-0.25, -0.2) is 0 Å². The van der Waals surface area contributed by atoms with Gasteiger partial charge in [-0.2, -0.15) is 4.98 Å². The van der Waals surface area contributed by atoms with Crippen LogP contribution in [0, 0.1) is 0 Å². The number of carbonyl (C=O) groups is 1. The number of hydrogen-bond donors (Lipinski definition) is 0. The van der Waals surface area contributed by atoms with E-state index in [1.165, 1.54) is 0 Å². The van der Waals surface area contributed by atoms with Crippen LogP contribution in [0.5, 0.6) is 17.4 Å². The van der Waals surface area contributed by atoms with Crippen molar-refractivity contribution in [2.45, 2.75) is 18.9 Å². The molecular weight excluding hydrogens is 360 g/mol. The Bertz CT molecular complexity index is 828. The molecule has 1 aromatic heterocycles. The lowest BCUT2D eigenvalue weighted by Crippen LogP contribution is -2.32. The number of ether oxygens (including phenoxy) is 3. The van der Waals surface area contributed by atoms with Crippen molar-refractivity contribution in [1.29, 1.82) is 0 Å². The summed E-state index contributed by atoms with van der Waals surface area (Å²) in [7, 11) is 6.97. The molecule has 150 valence electrons. The molecule has 8 nitrogen and oxygen atoms in total. The smallest absolute Gasteiger partial charge is 0.234 e. The molecule has 1 aliphatic rings. The summed E-state index contributed by atoms with van der Waals surface area (Å²) in [6, 6.07) is 5.53. The molecule has 28 heavy (non-hydrogen) atoms. The topological polar surface area (TPSA) is 77.0 Å². The number of nitrogens with zero attached hydrogens (tertiary/aromatic N) is 4. The van der Waals surface area contributed by atoms with Crippen LogP contribution in [-0.2, 0) is 11.2 Å². The fraction of sp³-hybridized carbons (Fsp3) is 0.450. The maximum atomic E-state index is 12.7. The Balaban J connectivity index is 1.58. The number of benzene rings is 1. The molecule has 3 rings (SSSR count). The molecule has 1 amide bonds. The largest absolute Gasteiger partial charge is 0.493 e. The molecule has 2 aromatic rings. The molecular formula is C20H26N4O4. The van der Waals surface area contributed by atoms with Crippen LogP contribution in [0.2, 0.25) is 0 Å². The van der Waals surface area contributed by atoms with E-state index in [1.807, 2.05) is 42.1 Å². The van der Waals surface area contributed by atoms with E-state index in [-0.39, 0.29) is 12.0 Å². The van der Waals surface area contributed by atoms with E-state index in [9.17, 15) is 4.79 Å². The lowest BCUT2D eigenvalue weighted by atomic mass is 10.1. The van der Waals surface area contributed by atoms with Gasteiger partial charge in [0.05, 0.1) is 39.6 Å². The van der Waals surface area contributed by atoms with Crippen molar-refractivity contribution in [2.24, 2.45) is 0 Å². The number of rotatable bonds is 7. The highest BCUT2D eigenvalue weighted by molar-refractivity contribution is 5.79. The highest BCUT2D eigenvalue weighted by atomic mass is 16.5. The van der Waals surface area contributed by atoms with Gasteiger partial charge in [-0.05, 0) is 17.7 Å². The molecule has 1 atom stereocenters. The van der Waals surface area contributed by atoms with Crippen molar-refractivity contribution in [1.82, 2.24) is 14.9 Å². The van der Waals surface area contributed by atoms with Crippen LogP contribution >= 0.6 is 0 Å². The van der Waals surface area contributed by atoms with Crippen LogP contribution in [0.3, 0.4) is 0 Å². The molecule has 1 aromatic carbocycles. The summed E-state index contributed by atoms with van der Waals surface area (Å²) >= 11 is 0. The predicted molar refractivity (Wildman–Crippen MR) is 105 cm³/mol. The summed E-state index contributed by atoms with van der Waals surface area (Å²) < 4.78 is 16.5. The van der Waals surface area contributed by atoms with Crippen molar-refractivity contribution in [3.63, 3.8) is 0 Å². The minimum absolute atomic E-state index is 0.0615. The van der Waals surface area contributed by atoms with Crippen LogP contribution in [0.25, 0.3) is 0 Å². The van der Waals surface area contributed by atoms with E-state index < -0.39 is 0 Å². The van der Waals surface area contributed by atoms with Crippen LogP contribution in [0.15, 0.2) is 30.6 Å². The lowest BCUT2D eigenvalue weighted by Gasteiger charge is -2.18. The van der Waals surface area contributed by atoms with Crippen molar-refractivity contribution in [2.75, 3.05) is 46.3 Å². The van der Waals surface area contributed by atoms with Gasteiger partial charge in [-0.3, -0.25) is 9.78 Å². The van der Waals surface area contributed by atoms with E-state index in [0.717, 1.165) is 17.8 Å². The van der Waals surface area contributed by atoms with Crippen molar-refractivity contribution < 1.29 is 19.0 Å². The number of methoxy groups -OCH3 is 2. The SMILES string of the molecule is COc1ccc(CC(=O)N2CCC(Oc3cncc(N(C)C)n3)C2)cc1OC. The first-order valence-electron chi connectivity index (χ1n) is 9.15. The quantitative estimate of drug-likeness (QED) is 0.718. The number of carbonyl (C=O) groups excluding carboxylic acids is 1.